The maximum absolute atomic E-state index is 3.62. The molecule has 2 nitrogen and oxygen atoms in total. The summed E-state index contributed by atoms with van der Waals surface area (Å²) in [6.07, 6.45) is 4.84. The Balaban J connectivity index is 2.03. The lowest BCUT2D eigenvalue weighted by atomic mass is 10.1. The fourth-order valence-electron chi connectivity index (χ4n) is 1.82. The van der Waals surface area contributed by atoms with E-state index in [2.05, 4.69) is 23.4 Å². The van der Waals surface area contributed by atoms with Crippen LogP contribution in [0.2, 0.25) is 0 Å². The molecule has 78 valence electrons. The highest BCUT2D eigenvalue weighted by atomic mass is 32.2. The molecule has 0 aliphatic carbocycles. The van der Waals surface area contributed by atoms with Crippen LogP contribution in [0.25, 0.3) is 0 Å². The minimum atomic E-state index is 0.787. The smallest absolute Gasteiger partial charge is 0.00917 e. The topological polar surface area (TPSA) is 15.3 Å². The van der Waals surface area contributed by atoms with E-state index in [0.717, 1.165) is 6.04 Å². The van der Waals surface area contributed by atoms with Crippen molar-refractivity contribution in [3.8, 4) is 0 Å². The standard InChI is InChI=1S/C10H22N2S/c1-3-12-7-4-10(5-8-12)11-6-9-13-2/h10-11H,3-9H2,1-2H3. The molecule has 0 radical (unpaired) electrons. The van der Waals surface area contributed by atoms with Crippen molar-refractivity contribution in [1.29, 1.82) is 0 Å². The van der Waals surface area contributed by atoms with Crippen LogP contribution in [-0.2, 0) is 0 Å². The van der Waals surface area contributed by atoms with Crippen LogP contribution < -0.4 is 5.32 Å². The average Bonchev–Trinajstić information content (AvgIpc) is 2.19. The maximum Gasteiger partial charge on any atom is 0.00917 e. The zero-order valence-corrected chi connectivity index (χ0v) is 9.70. The van der Waals surface area contributed by atoms with Crippen LogP contribution in [0.1, 0.15) is 19.8 Å². The molecule has 1 rings (SSSR count). The van der Waals surface area contributed by atoms with Crippen molar-refractivity contribution in [2.24, 2.45) is 0 Å². The molecule has 1 heterocycles. The molecule has 0 unspecified atom stereocenters. The van der Waals surface area contributed by atoms with Crippen molar-refractivity contribution >= 4 is 11.8 Å². The Morgan fingerprint density at radius 1 is 1.38 bits per heavy atom. The van der Waals surface area contributed by atoms with Gasteiger partial charge in [-0.3, -0.25) is 0 Å². The third kappa shape index (κ3) is 4.34. The van der Waals surface area contributed by atoms with Crippen LogP contribution in [0, 0.1) is 0 Å². The fraction of sp³-hybridized carbons (Fsp3) is 1.00. The number of hydrogen-bond donors (Lipinski definition) is 1. The molecule has 1 N–H and O–H groups in total. The predicted octanol–water partition coefficient (Wildman–Crippen LogP) is 1.42. The Kier molecular flexibility index (Phi) is 5.83. The summed E-state index contributed by atoms with van der Waals surface area (Å²) in [5.74, 6) is 1.24. The predicted molar refractivity (Wildman–Crippen MR) is 61.5 cm³/mol. The van der Waals surface area contributed by atoms with E-state index in [-0.39, 0.29) is 0 Å². The fourth-order valence-corrected chi connectivity index (χ4v) is 2.14. The Morgan fingerprint density at radius 2 is 2.08 bits per heavy atom. The van der Waals surface area contributed by atoms with Gasteiger partial charge in [-0.2, -0.15) is 11.8 Å². The Labute approximate surface area is 86.5 Å². The number of nitrogens with zero attached hydrogens (tertiary/aromatic N) is 1. The van der Waals surface area contributed by atoms with E-state index in [0.29, 0.717) is 0 Å². The number of likely N-dealkylation sites (tertiary alicyclic amines) is 1. The highest BCUT2D eigenvalue weighted by Crippen LogP contribution is 2.09. The van der Waals surface area contributed by atoms with Gasteiger partial charge in [0.2, 0.25) is 0 Å². The molecule has 0 saturated carbocycles. The maximum atomic E-state index is 3.62. The second-order valence-electron chi connectivity index (χ2n) is 3.66. The lowest BCUT2D eigenvalue weighted by Gasteiger charge is -2.31. The lowest BCUT2D eigenvalue weighted by Crippen LogP contribution is -2.42. The van der Waals surface area contributed by atoms with Gasteiger partial charge in [0.25, 0.3) is 0 Å². The van der Waals surface area contributed by atoms with Gasteiger partial charge in [-0.25, -0.2) is 0 Å². The highest BCUT2D eigenvalue weighted by molar-refractivity contribution is 7.98. The summed E-state index contributed by atoms with van der Waals surface area (Å²) in [5.41, 5.74) is 0. The molecule has 13 heavy (non-hydrogen) atoms. The molecule has 0 bridgehead atoms. The molecule has 1 aliphatic rings. The summed E-state index contributed by atoms with van der Waals surface area (Å²) < 4.78 is 0. The number of thioether (sulfide) groups is 1. The first-order valence-electron chi connectivity index (χ1n) is 5.31. The van der Waals surface area contributed by atoms with Crippen molar-refractivity contribution in [3.63, 3.8) is 0 Å². The molecule has 0 spiro atoms. The number of piperidine rings is 1. The first kappa shape index (κ1) is 11.3. The summed E-state index contributed by atoms with van der Waals surface area (Å²) in [7, 11) is 0. The van der Waals surface area contributed by atoms with Gasteiger partial charge in [-0.15, -0.1) is 0 Å². The summed E-state index contributed by atoms with van der Waals surface area (Å²) in [5, 5.41) is 3.62. The number of nitrogens with one attached hydrogen (secondary N) is 1. The van der Waals surface area contributed by atoms with E-state index >= 15 is 0 Å². The third-order valence-electron chi connectivity index (χ3n) is 2.77. The minimum Gasteiger partial charge on any atom is -0.313 e. The quantitative estimate of drug-likeness (QED) is 0.679. The monoisotopic (exact) mass is 202 g/mol. The van der Waals surface area contributed by atoms with E-state index in [1.54, 1.807) is 0 Å². The molecule has 0 aromatic heterocycles. The second-order valence-corrected chi connectivity index (χ2v) is 4.64. The van der Waals surface area contributed by atoms with Gasteiger partial charge < -0.3 is 10.2 Å². The zero-order valence-electron chi connectivity index (χ0n) is 8.88. The Bertz CT molecular complexity index is 119. The zero-order chi connectivity index (χ0) is 9.52. The lowest BCUT2D eigenvalue weighted by molar-refractivity contribution is 0.208. The van der Waals surface area contributed by atoms with Crippen LogP contribution in [-0.4, -0.2) is 49.1 Å². The minimum absolute atomic E-state index is 0.787. The van der Waals surface area contributed by atoms with Crippen molar-refractivity contribution in [1.82, 2.24) is 10.2 Å². The Morgan fingerprint density at radius 3 is 2.62 bits per heavy atom. The molecule has 0 atom stereocenters. The van der Waals surface area contributed by atoms with Crippen LogP contribution in [0.3, 0.4) is 0 Å². The van der Waals surface area contributed by atoms with Crippen molar-refractivity contribution in [2.45, 2.75) is 25.8 Å². The van der Waals surface area contributed by atoms with E-state index < -0.39 is 0 Å². The third-order valence-corrected chi connectivity index (χ3v) is 3.39. The molecule has 1 fully saturated rings. The normalized spacial score (nSPS) is 20.8. The van der Waals surface area contributed by atoms with Crippen LogP contribution in [0.4, 0.5) is 0 Å². The van der Waals surface area contributed by atoms with Crippen LogP contribution in [0.5, 0.6) is 0 Å². The Hall–Kier alpha value is 0.270. The molecule has 1 aliphatic heterocycles. The molecule has 3 heteroatoms. The van der Waals surface area contributed by atoms with Crippen molar-refractivity contribution < 1.29 is 0 Å². The van der Waals surface area contributed by atoms with E-state index in [4.69, 9.17) is 0 Å². The summed E-state index contributed by atoms with van der Waals surface area (Å²) in [4.78, 5) is 2.53. The SMILES string of the molecule is CCN1CCC(NCCSC)CC1. The molecule has 0 aromatic carbocycles. The summed E-state index contributed by atoms with van der Waals surface area (Å²) in [6, 6.07) is 0.787. The number of hydrogen-bond acceptors (Lipinski definition) is 3. The molecule has 0 aromatic rings. The van der Waals surface area contributed by atoms with Crippen molar-refractivity contribution in [2.75, 3.05) is 38.2 Å². The van der Waals surface area contributed by atoms with Gasteiger partial charge >= 0.3 is 0 Å². The van der Waals surface area contributed by atoms with E-state index in [9.17, 15) is 0 Å². The molecule has 1 saturated heterocycles. The van der Waals surface area contributed by atoms with Gasteiger partial charge in [0.15, 0.2) is 0 Å². The molecule has 0 amide bonds. The first-order chi connectivity index (χ1) is 6.36. The second kappa shape index (κ2) is 6.68. The molecular formula is C10H22N2S. The largest absolute Gasteiger partial charge is 0.313 e. The van der Waals surface area contributed by atoms with Gasteiger partial charge in [0.1, 0.15) is 0 Å². The summed E-state index contributed by atoms with van der Waals surface area (Å²) in [6.45, 7) is 7.22. The highest BCUT2D eigenvalue weighted by Gasteiger charge is 2.16. The van der Waals surface area contributed by atoms with Crippen molar-refractivity contribution in [3.05, 3.63) is 0 Å². The number of rotatable bonds is 5. The van der Waals surface area contributed by atoms with Crippen LogP contribution >= 0.6 is 11.8 Å². The first-order valence-corrected chi connectivity index (χ1v) is 6.71. The van der Waals surface area contributed by atoms with E-state index in [1.807, 2.05) is 11.8 Å². The van der Waals surface area contributed by atoms with Gasteiger partial charge in [0.05, 0.1) is 0 Å². The summed E-state index contributed by atoms with van der Waals surface area (Å²) >= 11 is 1.92. The van der Waals surface area contributed by atoms with Crippen LogP contribution in [0.15, 0.2) is 0 Å². The van der Waals surface area contributed by atoms with Gasteiger partial charge in [0, 0.05) is 18.3 Å². The molecular weight excluding hydrogens is 180 g/mol. The van der Waals surface area contributed by atoms with E-state index in [1.165, 1.54) is 44.8 Å². The van der Waals surface area contributed by atoms with Gasteiger partial charge in [-0.05, 0) is 38.7 Å². The average molecular weight is 202 g/mol. The van der Waals surface area contributed by atoms with Gasteiger partial charge in [-0.1, -0.05) is 6.92 Å².